The lowest BCUT2D eigenvalue weighted by atomic mass is 9.78. The fraction of sp³-hybridized carbons (Fsp3) is 0.625. The van der Waals surface area contributed by atoms with E-state index in [0.29, 0.717) is 88.8 Å². The quantitative estimate of drug-likeness (QED) is 0.0924. The van der Waals surface area contributed by atoms with E-state index in [1.54, 1.807) is 39.4 Å². The van der Waals surface area contributed by atoms with Crippen LogP contribution in [0.25, 0.3) is 0 Å². The minimum Gasteiger partial charge on any atom is -0.207 e. The molecule has 0 bridgehead atoms. The van der Waals surface area contributed by atoms with E-state index in [-0.39, 0.29) is 11.7 Å². The average molecular weight is 1140 g/mol. The van der Waals surface area contributed by atoms with Crippen molar-refractivity contribution in [2.75, 3.05) is 0 Å². The fourth-order valence-corrected chi connectivity index (χ4v) is 13.4. The molecule has 5 rings (SSSR count). The molecule has 0 aliphatic heterocycles. The molecule has 0 aliphatic carbocycles. The van der Waals surface area contributed by atoms with Crippen molar-refractivity contribution in [2.45, 2.75) is 330 Å². The van der Waals surface area contributed by atoms with Gasteiger partial charge in [0.1, 0.15) is 5.82 Å². The van der Waals surface area contributed by atoms with E-state index in [9.17, 15) is 4.39 Å². The molecule has 5 aromatic carbocycles. The summed E-state index contributed by atoms with van der Waals surface area (Å²) in [6.07, 6.45) is 0. The van der Waals surface area contributed by atoms with Gasteiger partial charge in [0.15, 0.2) is 0 Å². The molecule has 5 aromatic rings. The maximum absolute atomic E-state index is 13.9. The summed E-state index contributed by atoms with van der Waals surface area (Å²) in [6.45, 7) is 76.9. The summed E-state index contributed by atoms with van der Waals surface area (Å²) in [6, 6.07) is 21.8. The largest absolute Gasteiger partial charge is 0.207 e. The maximum atomic E-state index is 13.9. The SMILES string of the molecule is CC(C)c1ccc(C(C)C)c(C(C)C)c1C(C)C.CC(C)c1ccc(Cl)c(C(C)C)c1C(C)C.CC(C)c1ccc(F)c(C(C)C)c1C(C)C.Cc1ccc(C(C)C)c(C(C)C)c1C(C)C.Cc1ccc(C(C)C)c(C(C)C)c1C(C)C. The highest BCUT2D eigenvalue weighted by Crippen LogP contribution is 2.41. The fourth-order valence-electron chi connectivity index (χ4n) is 13.0. The van der Waals surface area contributed by atoms with Gasteiger partial charge in [0.2, 0.25) is 0 Å². The molecule has 0 saturated carbocycles. The molecule has 0 radical (unpaired) electrons. The summed E-state index contributed by atoms with van der Waals surface area (Å²) in [7, 11) is 0. The standard InChI is InChI=1S/C18H30.2C16H26.C15H23Cl.C15H23F/c1-11(2)15-9-10-16(12(3)4)18(14(7)8)17(15)13(5)6;2*1-10(2)14-9-8-13(7)15(11(3)4)16(14)12(5)6;2*1-9(2)12-7-8-13(16)15(11(5)6)14(12)10(3)4/h9-14H,1-8H3;2*8-12H,1-7H3;2*7-11H,1-6H3. The molecule has 0 unspecified atom stereocenters. The zero-order chi connectivity index (χ0) is 63.9. The number of halogens is 2. The second kappa shape index (κ2) is 34.5. The average Bonchev–Trinajstić information content (AvgIpc) is 3.49. The van der Waals surface area contributed by atoms with E-state index < -0.39 is 0 Å². The van der Waals surface area contributed by atoms with Gasteiger partial charge >= 0.3 is 0 Å². The molecule has 0 heterocycles. The number of benzene rings is 5. The Balaban J connectivity index is 0.000000513. The minimum atomic E-state index is -0.0527. The van der Waals surface area contributed by atoms with Crippen LogP contribution in [-0.4, -0.2) is 0 Å². The number of hydrogen-bond donors (Lipinski definition) is 0. The van der Waals surface area contributed by atoms with Gasteiger partial charge in [0.05, 0.1) is 0 Å². The Morgan fingerprint density at radius 1 is 0.207 bits per heavy atom. The van der Waals surface area contributed by atoms with Crippen LogP contribution in [0.5, 0.6) is 0 Å². The van der Waals surface area contributed by atoms with Crippen LogP contribution >= 0.6 is 11.6 Å². The van der Waals surface area contributed by atoms with Crippen LogP contribution in [0, 0.1) is 19.7 Å². The van der Waals surface area contributed by atoms with Crippen molar-refractivity contribution in [3.63, 3.8) is 0 Å². The minimum absolute atomic E-state index is 0.0527. The first kappa shape index (κ1) is 76.3. The summed E-state index contributed by atoms with van der Waals surface area (Å²) in [5.41, 5.74) is 26.2. The molecule has 0 spiro atoms. The highest BCUT2D eigenvalue weighted by molar-refractivity contribution is 6.31. The van der Waals surface area contributed by atoms with Crippen LogP contribution in [0.1, 0.15) is 416 Å². The van der Waals surface area contributed by atoms with Gasteiger partial charge in [-0.05, 0) is 221 Å². The van der Waals surface area contributed by atoms with E-state index >= 15 is 0 Å². The smallest absolute Gasteiger partial charge is 0.126 e. The third kappa shape index (κ3) is 20.5. The van der Waals surface area contributed by atoms with Gasteiger partial charge in [-0.25, -0.2) is 4.39 Å². The van der Waals surface area contributed by atoms with Crippen molar-refractivity contribution in [3.8, 4) is 0 Å². The Hall–Kier alpha value is -3.68. The van der Waals surface area contributed by atoms with Crippen molar-refractivity contribution in [2.24, 2.45) is 0 Å². The molecule has 0 atom stereocenters. The van der Waals surface area contributed by atoms with E-state index in [4.69, 9.17) is 11.6 Å². The van der Waals surface area contributed by atoms with Crippen LogP contribution in [0.3, 0.4) is 0 Å². The lowest BCUT2D eigenvalue weighted by Crippen LogP contribution is -2.09. The molecule has 0 aromatic heterocycles. The first-order valence-corrected chi connectivity index (χ1v) is 33.2. The first-order valence-electron chi connectivity index (χ1n) is 32.8. The third-order valence-corrected chi connectivity index (χ3v) is 16.8. The van der Waals surface area contributed by atoms with Gasteiger partial charge in [-0.2, -0.15) is 0 Å². The van der Waals surface area contributed by atoms with Crippen LogP contribution in [0.15, 0.2) is 60.7 Å². The summed E-state index contributed by atoms with van der Waals surface area (Å²) >= 11 is 6.35. The molecule has 82 heavy (non-hydrogen) atoms. The van der Waals surface area contributed by atoms with Crippen molar-refractivity contribution in [3.05, 3.63) is 172 Å². The van der Waals surface area contributed by atoms with E-state index in [0.717, 1.165) is 10.6 Å². The van der Waals surface area contributed by atoms with Gasteiger partial charge in [-0.1, -0.05) is 282 Å². The number of hydrogen-bond acceptors (Lipinski definition) is 0. The Bertz CT molecular complexity index is 2370. The summed E-state index contributed by atoms with van der Waals surface area (Å²) in [5, 5.41) is 0.920. The zero-order valence-electron chi connectivity index (χ0n) is 59.8. The first-order chi connectivity index (χ1) is 37.7. The number of rotatable bonds is 16. The van der Waals surface area contributed by atoms with E-state index in [1.165, 1.54) is 61.2 Å². The topological polar surface area (TPSA) is 0 Å². The van der Waals surface area contributed by atoms with Crippen molar-refractivity contribution in [1.29, 1.82) is 0 Å². The molecular weight excluding hydrogens is 1020 g/mol. The maximum Gasteiger partial charge on any atom is 0.126 e. The monoisotopic (exact) mass is 1140 g/mol. The zero-order valence-corrected chi connectivity index (χ0v) is 60.5. The highest BCUT2D eigenvalue weighted by atomic mass is 35.5. The van der Waals surface area contributed by atoms with Crippen LogP contribution < -0.4 is 0 Å². The molecule has 0 saturated heterocycles. The molecule has 2 heteroatoms. The van der Waals surface area contributed by atoms with Crippen molar-refractivity contribution >= 4 is 11.6 Å². The highest BCUT2D eigenvalue weighted by Gasteiger charge is 2.24. The molecule has 0 fully saturated rings. The van der Waals surface area contributed by atoms with Gasteiger partial charge in [0, 0.05) is 5.02 Å². The summed E-state index contributed by atoms with van der Waals surface area (Å²) in [5.74, 6) is 8.78. The normalized spacial score (nSPS) is 12.0. The lowest BCUT2D eigenvalue weighted by Gasteiger charge is -2.27. The van der Waals surface area contributed by atoms with Gasteiger partial charge in [-0.3, -0.25) is 0 Å². The van der Waals surface area contributed by atoms with E-state index in [2.05, 4.69) is 284 Å². The third-order valence-electron chi connectivity index (χ3n) is 16.5. The van der Waals surface area contributed by atoms with Crippen LogP contribution in [-0.2, 0) is 0 Å². The molecular formula is C80H128ClF. The molecule has 0 N–H and O–H groups in total. The number of aryl methyl sites for hydroxylation is 2. The van der Waals surface area contributed by atoms with Gasteiger partial charge < -0.3 is 0 Å². The molecule has 0 nitrogen and oxygen atoms in total. The summed E-state index contributed by atoms with van der Waals surface area (Å²) < 4.78 is 13.9. The van der Waals surface area contributed by atoms with Crippen LogP contribution in [0.2, 0.25) is 5.02 Å². The van der Waals surface area contributed by atoms with Crippen LogP contribution in [0.4, 0.5) is 4.39 Å². The predicted molar refractivity (Wildman–Crippen MR) is 372 cm³/mol. The summed E-state index contributed by atoms with van der Waals surface area (Å²) in [4.78, 5) is 0. The van der Waals surface area contributed by atoms with Gasteiger partial charge in [0.25, 0.3) is 0 Å². The van der Waals surface area contributed by atoms with E-state index in [1.807, 2.05) is 6.07 Å². The molecule has 0 aliphatic rings. The van der Waals surface area contributed by atoms with Crippen molar-refractivity contribution in [1.82, 2.24) is 0 Å². The Morgan fingerprint density at radius 2 is 0.378 bits per heavy atom. The molecule has 0 amide bonds. The predicted octanol–water partition coefficient (Wildman–Crippen LogP) is 27.8. The Kier molecular flexibility index (Phi) is 32.1. The Morgan fingerprint density at radius 3 is 0.598 bits per heavy atom. The second-order valence-electron chi connectivity index (χ2n) is 29.1. The Labute approximate surface area is 514 Å². The lowest BCUT2D eigenvalue weighted by molar-refractivity contribution is 0.585. The molecule has 462 valence electrons. The second-order valence-corrected chi connectivity index (χ2v) is 29.5. The van der Waals surface area contributed by atoms with Crippen molar-refractivity contribution < 1.29 is 4.39 Å². The van der Waals surface area contributed by atoms with Gasteiger partial charge in [-0.15, -0.1) is 0 Å².